The molecular weight excluding hydrogens is 635 g/mol. The fourth-order valence-electron chi connectivity index (χ4n) is 7.32. The van der Waals surface area contributed by atoms with E-state index < -0.39 is 0 Å². The Hall–Kier alpha value is -6.65. The maximum absolute atomic E-state index is 6.71. The first kappa shape index (κ1) is 31.3. The lowest BCUT2D eigenvalue weighted by Crippen LogP contribution is -2.27. The average molecular weight is 670 g/mol. The van der Waals surface area contributed by atoms with Crippen LogP contribution in [0.4, 0.5) is 0 Å². The van der Waals surface area contributed by atoms with Crippen molar-refractivity contribution in [1.82, 2.24) is 0 Å². The molecule has 1 heterocycles. The molecule has 0 N–H and O–H groups in total. The van der Waals surface area contributed by atoms with Crippen molar-refractivity contribution >= 4 is 63.3 Å². The van der Waals surface area contributed by atoms with Crippen LogP contribution in [0.1, 0.15) is 34.6 Å². The van der Waals surface area contributed by atoms with E-state index in [4.69, 9.17) is 14.4 Å². The van der Waals surface area contributed by atoms with Crippen LogP contribution in [0.3, 0.4) is 0 Å². The van der Waals surface area contributed by atoms with Gasteiger partial charge in [0, 0.05) is 33.2 Å². The molecule has 1 aromatic heterocycles. The SMILES string of the molecule is C=N/C(=N\C(=N/Cc1ccccc1)c1ccc2c(c1)oc1c3ccccc3c(-c3ccc(C4C=c5ccccc5=CC4)cc3)cc21)c1ccccc1. The number of benzene rings is 7. The van der Waals surface area contributed by atoms with Gasteiger partial charge in [-0.15, -0.1) is 0 Å². The molecule has 0 fully saturated rings. The van der Waals surface area contributed by atoms with Gasteiger partial charge in [0.15, 0.2) is 11.7 Å². The summed E-state index contributed by atoms with van der Waals surface area (Å²) >= 11 is 0. The molecule has 9 rings (SSSR count). The number of rotatable bonds is 6. The van der Waals surface area contributed by atoms with Crippen LogP contribution in [0.5, 0.6) is 0 Å². The van der Waals surface area contributed by atoms with Crippen LogP contribution in [-0.2, 0) is 6.54 Å². The van der Waals surface area contributed by atoms with Gasteiger partial charge < -0.3 is 4.42 Å². The molecule has 0 spiro atoms. The molecule has 52 heavy (non-hydrogen) atoms. The monoisotopic (exact) mass is 669 g/mol. The molecule has 0 radical (unpaired) electrons. The van der Waals surface area contributed by atoms with E-state index in [0.717, 1.165) is 55.8 Å². The van der Waals surface area contributed by atoms with Gasteiger partial charge in [-0.2, -0.15) is 0 Å². The summed E-state index contributed by atoms with van der Waals surface area (Å²) in [5.74, 6) is 1.45. The third kappa shape index (κ3) is 5.95. The van der Waals surface area contributed by atoms with Crippen LogP contribution < -0.4 is 10.4 Å². The lowest BCUT2D eigenvalue weighted by molar-refractivity contribution is 0.672. The van der Waals surface area contributed by atoms with Gasteiger partial charge in [-0.05, 0) is 69.4 Å². The molecule has 0 amide bonds. The zero-order chi connectivity index (χ0) is 34.9. The smallest absolute Gasteiger partial charge is 0.161 e. The Morgan fingerprint density at radius 2 is 1.33 bits per heavy atom. The molecule has 7 aromatic carbocycles. The molecule has 1 aliphatic rings. The minimum Gasteiger partial charge on any atom is -0.455 e. The van der Waals surface area contributed by atoms with Crippen molar-refractivity contribution in [2.45, 2.75) is 18.9 Å². The Morgan fingerprint density at radius 1 is 0.615 bits per heavy atom. The summed E-state index contributed by atoms with van der Waals surface area (Å²) < 4.78 is 6.71. The second-order valence-electron chi connectivity index (χ2n) is 13.2. The van der Waals surface area contributed by atoms with Crippen molar-refractivity contribution in [1.29, 1.82) is 0 Å². The highest BCUT2D eigenvalue weighted by Crippen LogP contribution is 2.40. The summed E-state index contributed by atoms with van der Waals surface area (Å²) in [5.41, 5.74) is 8.17. The van der Waals surface area contributed by atoms with Crippen LogP contribution in [0.2, 0.25) is 0 Å². The van der Waals surface area contributed by atoms with E-state index in [9.17, 15) is 0 Å². The highest BCUT2D eigenvalue weighted by molar-refractivity contribution is 6.20. The van der Waals surface area contributed by atoms with Gasteiger partial charge in [0.1, 0.15) is 11.2 Å². The third-order valence-corrected chi connectivity index (χ3v) is 10.0. The number of hydrogen-bond donors (Lipinski definition) is 0. The molecule has 0 saturated carbocycles. The maximum Gasteiger partial charge on any atom is 0.161 e. The fourth-order valence-corrected chi connectivity index (χ4v) is 7.32. The second-order valence-corrected chi connectivity index (χ2v) is 13.2. The molecular formula is C48H35N3O. The van der Waals surface area contributed by atoms with E-state index in [2.05, 4.69) is 127 Å². The lowest BCUT2D eigenvalue weighted by Gasteiger charge is -2.16. The van der Waals surface area contributed by atoms with E-state index in [-0.39, 0.29) is 0 Å². The highest BCUT2D eigenvalue weighted by Gasteiger charge is 2.17. The molecule has 0 aliphatic heterocycles. The summed E-state index contributed by atoms with van der Waals surface area (Å²) in [5, 5.41) is 7.00. The van der Waals surface area contributed by atoms with Crippen molar-refractivity contribution in [3.05, 3.63) is 190 Å². The van der Waals surface area contributed by atoms with Crippen molar-refractivity contribution < 1.29 is 4.42 Å². The summed E-state index contributed by atoms with van der Waals surface area (Å²) in [7, 11) is 0. The van der Waals surface area contributed by atoms with E-state index in [1.165, 1.54) is 27.1 Å². The van der Waals surface area contributed by atoms with E-state index in [1.54, 1.807) is 0 Å². The number of fused-ring (bicyclic) bond motifs is 6. The van der Waals surface area contributed by atoms with Crippen molar-refractivity contribution in [2.24, 2.45) is 15.0 Å². The number of furan rings is 1. The van der Waals surface area contributed by atoms with Crippen LogP contribution in [0.25, 0.3) is 56.0 Å². The zero-order valence-electron chi connectivity index (χ0n) is 28.6. The quantitative estimate of drug-likeness (QED) is 0.128. The molecule has 1 atom stereocenters. The Kier molecular flexibility index (Phi) is 8.18. The molecule has 248 valence electrons. The fraction of sp³-hybridized carbons (Fsp3) is 0.0625. The predicted octanol–water partition coefficient (Wildman–Crippen LogP) is 10.2. The van der Waals surface area contributed by atoms with Gasteiger partial charge >= 0.3 is 0 Å². The second kappa shape index (κ2) is 13.6. The van der Waals surface area contributed by atoms with Crippen molar-refractivity contribution in [3.8, 4) is 11.1 Å². The topological polar surface area (TPSA) is 50.2 Å². The van der Waals surface area contributed by atoms with E-state index >= 15 is 0 Å². The van der Waals surface area contributed by atoms with Gasteiger partial charge in [0.05, 0.1) is 6.54 Å². The number of aliphatic imine (C=N–C) groups is 3. The molecule has 4 heteroatoms. The summed E-state index contributed by atoms with van der Waals surface area (Å²) in [6, 6.07) is 54.9. The Morgan fingerprint density at radius 3 is 2.12 bits per heavy atom. The number of hydrogen-bond acceptors (Lipinski definition) is 2. The van der Waals surface area contributed by atoms with Gasteiger partial charge in [-0.1, -0.05) is 152 Å². The molecule has 8 aromatic rings. The predicted molar refractivity (Wildman–Crippen MR) is 218 cm³/mol. The standard InChI is InChI=1S/C48H35N3O/c1-49-47(36-15-6-3-7-16-36)51-48(50-31-32-12-4-2-5-13-32)39-26-27-41-44-30-43(40-18-10-11-19-42(40)46(44)52-45(41)29-39)35-23-20-34(21-24-35)38-25-22-33-14-8-9-17-37(33)28-38/h2-24,26-30,38H,1,25,31H2/b50-48-,51-47-. The Balaban J connectivity index is 1.13. The molecule has 0 saturated heterocycles. The van der Waals surface area contributed by atoms with Gasteiger partial charge in [0.2, 0.25) is 0 Å². The first-order valence-electron chi connectivity index (χ1n) is 17.7. The summed E-state index contributed by atoms with van der Waals surface area (Å²) in [6.45, 7) is 4.30. The minimum atomic E-state index is 0.367. The van der Waals surface area contributed by atoms with Crippen molar-refractivity contribution in [2.75, 3.05) is 0 Å². The normalized spacial score (nSPS) is 14.6. The summed E-state index contributed by atoms with van der Waals surface area (Å²) in [6.07, 6.45) is 5.76. The maximum atomic E-state index is 6.71. The number of nitrogens with zero attached hydrogens (tertiary/aromatic N) is 3. The summed E-state index contributed by atoms with van der Waals surface area (Å²) in [4.78, 5) is 14.2. The highest BCUT2D eigenvalue weighted by atomic mass is 16.3. The van der Waals surface area contributed by atoms with Crippen LogP contribution in [0, 0.1) is 0 Å². The van der Waals surface area contributed by atoms with Crippen LogP contribution >= 0.6 is 0 Å². The molecule has 1 unspecified atom stereocenters. The molecule has 1 aliphatic carbocycles. The van der Waals surface area contributed by atoms with Gasteiger partial charge in [-0.3, -0.25) is 4.99 Å². The van der Waals surface area contributed by atoms with Crippen LogP contribution in [0.15, 0.2) is 177 Å². The molecule has 4 nitrogen and oxygen atoms in total. The van der Waals surface area contributed by atoms with Crippen molar-refractivity contribution in [3.63, 3.8) is 0 Å². The first-order valence-corrected chi connectivity index (χ1v) is 17.7. The largest absolute Gasteiger partial charge is 0.455 e. The zero-order valence-corrected chi connectivity index (χ0v) is 28.6. The van der Waals surface area contributed by atoms with Gasteiger partial charge in [0.25, 0.3) is 0 Å². The number of amidine groups is 2. The Bertz CT molecular complexity index is 2790. The van der Waals surface area contributed by atoms with E-state index in [1.807, 2.05) is 54.6 Å². The van der Waals surface area contributed by atoms with Crippen LogP contribution in [-0.4, -0.2) is 18.4 Å². The lowest BCUT2D eigenvalue weighted by atomic mass is 9.89. The average Bonchev–Trinajstić information content (AvgIpc) is 3.59. The molecule has 0 bridgehead atoms. The minimum absolute atomic E-state index is 0.367. The first-order chi connectivity index (χ1) is 25.7. The third-order valence-electron chi connectivity index (χ3n) is 10.0. The van der Waals surface area contributed by atoms with Gasteiger partial charge in [-0.25, -0.2) is 9.98 Å². The Labute approximate surface area is 302 Å². The van der Waals surface area contributed by atoms with E-state index in [0.29, 0.717) is 24.1 Å².